The Hall–Kier alpha value is -0.770. The molecule has 3 rings (SSSR count). The maximum atomic E-state index is 6.14. The standard InChI is InChI=1S/C11H10ClNOS/c12-11-8(3-6-15-11)9-10-7(1-4-13-9)2-5-14-10/h2-3,5-6,9,13H,1,4H2. The molecule has 1 atom stereocenters. The SMILES string of the molecule is Clc1sccc1C1NCCc2ccoc21. The Morgan fingerprint density at radius 3 is 3.20 bits per heavy atom. The fourth-order valence-corrected chi connectivity index (χ4v) is 3.00. The molecule has 3 heterocycles. The number of hydrogen-bond acceptors (Lipinski definition) is 3. The van der Waals surface area contributed by atoms with Crippen LogP contribution >= 0.6 is 22.9 Å². The number of nitrogens with one attached hydrogen (secondary N) is 1. The van der Waals surface area contributed by atoms with Crippen LogP contribution in [-0.2, 0) is 6.42 Å². The minimum absolute atomic E-state index is 0.127. The molecule has 78 valence electrons. The quantitative estimate of drug-likeness (QED) is 0.827. The van der Waals surface area contributed by atoms with Crippen molar-refractivity contribution in [1.29, 1.82) is 0 Å². The second-order valence-electron chi connectivity index (χ2n) is 3.60. The second-order valence-corrected chi connectivity index (χ2v) is 5.12. The number of rotatable bonds is 1. The zero-order chi connectivity index (χ0) is 10.3. The van der Waals surface area contributed by atoms with E-state index in [0.717, 1.165) is 28.6 Å². The lowest BCUT2D eigenvalue weighted by molar-refractivity contribution is 0.426. The van der Waals surface area contributed by atoms with Crippen LogP contribution < -0.4 is 5.32 Å². The Balaban J connectivity index is 2.07. The lowest BCUT2D eigenvalue weighted by Crippen LogP contribution is -2.29. The molecule has 0 bridgehead atoms. The van der Waals surface area contributed by atoms with Crippen molar-refractivity contribution in [2.75, 3.05) is 6.54 Å². The van der Waals surface area contributed by atoms with E-state index in [1.165, 1.54) is 5.56 Å². The van der Waals surface area contributed by atoms with Gasteiger partial charge in [-0.3, -0.25) is 0 Å². The third-order valence-electron chi connectivity index (χ3n) is 2.74. The first-order valence-electron chi connectivity index (χ1n) is 4.89. The number of furan rings is 1. The molecule has 0 amide bonds. The third-order valence-corrected chi connectivity index (χ3v) is 3.94. The number of halogens is 1. The van der Waals surface area contributed by atoms with Crippen LogP contribution in [0.15, 0.2) is 28.2 Å². The van der Waals surface area contributed by atoms with Gasteiger partial charge in [-0.1, -0.05) is 11.6 Å². The van der Waals surface area contributed by atoms with Crippen molar-refractivity contribution in [3.8, 4) is 0 Å². The lowest BCUT2D eigenvalue weighted by atomic mass is 9.99. The second kappa shape index (κ2) is 3.67. The molecule has 0 aromatic carbocycles. The van der Waals surface area contributed by atoms with E-state index < -0.39 is 0 Å². The van der Waals surface area contributed by atoms with Crippen LogP contribution in [-0.4, -0.2) is 6.54 Å². The first-order chi connectivity index (χ1) is 7.36. The summed E-state index contributed by atoms with van der Waals surface area (Å²) in [5.74, 6) is 1.02. The fourth-order valence-electron chi connectivity index (χ4n) is 2.01. The van der Waals surface area contributed by atoms with Gasteiger partial charge in [0.25, 0.3) is 0 Å². The summed E-state index contributed by atoms with van der Waals surface area (Å²) >= 11 is 7.70. The summed E-state index contributed by atoms with van der Waals surface area (Å²) in [5, 5.41) is 5.44. The minimum atomic E-state index is 0.127. The molecule has 1 unspecified atom stereocenters. The van der Waals surface area contributed by atoms with Crippen LogP contribution in [0.2, 0.25) is 4.34 Å². The van der Waals surface area contributed by atoms with E-state index in [4.69, 9.17) is 16.0 Å². The molecule has 2 aromatic rings. The van der Waals surface area contributed by atoms with Crippen LogP contribution in [0.5, 0.6) is 0 Å². The Labute approximate surface area is 96.9 Å². The van der Waals surface area contributed by atoms with Crippen LogP contribution in [0.25, 0.3) is 0 Å². The van der Waals surface area contributed by atoms with E-state index in [-0.39, 0.29) is 6.04 Å². The molecule has 0 fully saturated rings. The highest BCUT2D eigenvalue weighted by atomic mass is 35.5. The average molecular weight is 240 g/mol. The molecule has 0 radical (unpaired) electrons. The Morgan fingerprint density at radius 2 is 2.40 bits per heavy atom. The van der Waals surface area contributed by atoms with Crippen LogP contribution in [0, 0.1) is 0 Å². The first-order valence-corrected chi connectivity index (χ1v) is 6.14. The molecule has 2 nitrogen and oxygen atoms in total. The molecule has 1 aliphatic heterocycles. The van der Waals surface area contributed by atoms with Crippen molar-refractivity contribution in [1.82, 2.24) is 5.32 Å². The van der Waals surface area contributed by atoms with Gasteiger partial charge in [0.05, 0.1) is 16.6 Å². The predicted molar refractivity (Wildman–Crippen MR) is 61.6 cm³/mol. The molecule has 15 heavy (non-hydrogen) atoms. The lowest BCUT2D eigenvalue weighted by Gasteiger charge is -2.22. The Kier molecular flexibility index (Phi) is 2.31. The molecule has 1 aliphatic rings. The van der Waals surface area contributed by atoms with Crippen LogP contribution in [0.1, 0.15) is 22.9 Å². The fraction of sp³-hybridized carbons (Fsp3) is 0.273. The van der Waals surface area contributed by atoms with E-state index in [1.54, 1.807) is 17.6 Å². The van der Waals surface area contributed by atoms with Gasteiger partial charge < -0.3 is 9.73 Å². The molecule has 4 heteroatoms. The molecule has 0 saturated heterocycles. The van der Waals surface area contributed by atoms with E-state index in [9.17, 15) is 0 Å². The first kappa shape index (κ1) is 9.46. The maximum absolute atomic E-state index is 6.14. The topological polar surface area (TPSA) is 25.2 Å². The van der Waals surface area contributed by atoms with Crippen molar-refractivity contribution in [3.05, 3.63) is 45.0 Å². The van der Waals surface area contributed by atoms with E-state index in [0.29, 0.717) is 0 Å². The van der Waals surface area contributed by atoms with Crippen molar-refractivity contribution < 1.29 is 4.42 Å². The van der Waals surface area contributed by atoms with Crippen LogP contribution in [0.4, 0.5) is 0 Å². The van der Waals surface area contributed by atoms with Crippen molar-refractivity contribution >= 4 is 22.9 Å². The van der Waals surface area contributed by atoms with Crippen molar-refractivity contribution in [3.63, 3.8) is 0 Å². The smallest absolute Gasteiger partial charge is 0.128 e. The summed E-state index contributed by atoms with van der Waals surface area (Å²) in [5.41, 5.74) is 2.42. The Morgan fingerprint density at radius 1 is 1.47 bits per heavy atom. The van der Waals surface area contributed by atoms with Gasteiger partial charge in [0.1, 0.15) is 5.76 Å². The average Bonchev–Trinajstić information content (AvgIpc) is 2.85. The number of thiophene rings is 1. The minimum Gasteiger partial charge on any atom is -0.467 e. The largest absolute Gasteiger partial charge is 0.467 e. The van der Waals surface area contributed by atoms with Gasteiger partial charge in [0.15, 0.2) is 0 Å². The Bertz CT molecular complexity index is 476. The van der Waals surface area contributed by atoms with Gasteiger partial charge in [-0.25, -0.2) is 0 Å². The summed E-state index contributed by atoms with van der Waals surface area (Å²) < 4.78 is 6.38. The van der Waals surface area contributed by atoms with Crippen molar-refractivity contribution in [2.45, 2.75) is 12.5 Å². The summed E-state index contributed by atoms with van der Waals surface area (Å²) in [6.07, 6.45) is 2.79. The summed E-state index contributed by atoms with van der Waals surface area (Å²) in [6, 6.07) is 4.23. The third kappa shape index (κ3) is 1.51. The van der Waals surface area contributed by atoms with Gasteiger partial charge in [-0.05, 0) is 29.5 Å². The maximum Gasteiger partial charge on any atom is 0.128 e. The molecule has 0 saturated carbocycles. The predicted octanol–water partition coefficient (Wildman–Crippen LogP) is 3.23. The van der Waals surface area contributed by atoms with Gasteiger partial charge in [-0.2, -0.15) is 0 Å². The molecular weight excluding hydrogens is 230 g/mol. The summed E-state index contributed by atoms with van der Waals surface area (Å²) in [7, 11) is 0. The molecule has 0 aliphatic carbocycles. The number of hydrogen-bond donors (Lipinski definition) is 1. The van der Waals surface area contributed by atoms with Gasteiger partial charge >= 0.3 is 0 Å². The van der Waals surface area contributed by atoms with Gasteiger partial charge in [0, 0.05) is 12.1 Å². The molecule has 2 aromatic heterocycles. The van der Waals surface area contributed by atoms with E-state index in [1.807, 2.05) is 11.4 Å². The van der Waals surface area contributed by atoms with Gasteiger partial charge in [0.2, 0.25) is 0 Å². The normalized spacial score (nSPS) is 20.2. The van der Waals surface area contributed by atoms with Crippen LogP contribution in [0.3, 0.4) is 0 Å². The monoisotopic (exact) mass is 239 g/mol. The number of fused-ring (bicyclic) bond motifs is 1. The van der Waals surface area contributed by atoms with E-state index >= 15 is 0 Å². The van der Waals surface area contributed by atoms with E-state index in [2.05, 4.69) is 11.4 Å². The zero-order valence-corrected chi connectivity index (χ0v) is 9.57. The van der Waals surface area contributed by atoms with Crippen molar-refractivity contribution in [2.24, 2.45) is 0 Å². The molecule has 0 spiro atoms. The van der Waals surface area contributed by atoms with Gasteiger partial charge in [-0.15, -0.1) is 11.3 Å². The summed E-state index contributed by atoms with van der Waals surface area (Å²) in [6.45, 7) is 0.976. The highest BCUT2D eigenvalue weighted by Crippen LogP contribution is 2.35. The molecular formula is C11H10ClNOS. The zero-order valence-electron chi connectivity index (χ0n) is 8.00. The highest BCUT2D eigenvalue weighted by molar-refractivity contribution is 7.14. The molecule has 1 N–H and O–H groups in total. The highest BCUT2D eigenvalue weighted by Gasteiger charge is 2.26. The summed E-state index contributed by atoms with van der Waals surface area (Å²) in [4.78, 5) is 0.